The molecule has 0 aromatic heterocycles. The van der Waals surface area contributed by atoms with Crippen LogP contribution in [0.4, 0.5) is 0 Å². The second-order valence-electron chi connectivity index (χ2n) is 5.24. The lowest BCUT2D eigenvalue weighted by Crippen LogP contribution is -2.31. The number of carbonyl (C=O) groups excluding carboxylic acids is 1. The van der Waals surface area contributed by atoms with Gasteiger partial charge in [0.1, 0.15) is 15.4 Å². The van der Waals surface area contributed by atoms with Gasteiger partial charge < -0.3 is 4.74 Å². The predicted molar refractivity (Wildman–Crippen MR) is 101 cm³/mol. The Balaban J connectivity index is 2.09. The molecule has 0 heterocycles. The highest BCUT2D eigenvalue weighted by molar-refractivity contribution is 14.1. The summed E-state index contributed by atoms with van der Waals surface area (Å²) in [7, 11) is 0.0216. The van der Waals surface area contributed by atoms with Crippen molar-refractivity contribution in [1.29, 1.82) is 0 Å². The largest absolute Gasteiger partial charge is 0.426 e. The first-order valence-electron chi connectivity index (χ1n) is 7.16. The zero-order chi connectivity index (χ0) is 16.2. The van der Waals surface area contributed by atoms with E-state index in [9.17, 15) is 4.79 Å². The van der Waals surface area contributed by atoms with Gasteiger partial charge in [-0.3, -0.25) is 4.79 Å². The molecule has 2 atom stereocenters. The first kappa shape index (κ1) is 17.3. The van der Waals surface area contributed by atoms with E-state index >= 15 is 0 Å². The molecule has 2 unspecified atom stereocenters. The van der Waals surface area contributed by atoms with Crippen LogP contribution in [0.1, 0.15) is 20.3 Å². The Morgan fingerprint density at radius 1 is 1.09 bits per heavy atom. The van der Waals surface area contributed by atoms with E-state index in [4.69, 9.17) is 4.74 Å². The lowest BCUT2D eigenvalue weighted by molar-refractivity contribution is -0.136. The maximum absolute atomic E-state index is 12.1. The fraction of sp³-hybridized carbons (Fsp3) is 0.278. The summed E-state index contributed by atoms with van der Waals surface area (Å²) < 4.78 is 4.99. The molecule has 2 aromatic rings. The molecule has 116 valence electrons. The van der Waals surface area contributed by atoms with E-state index in [1.165, 1.54) is 9.79 Å². The van der Waals surface area contributed by atoms with Gasteiger partial charge in [0.2, 0.25) is 0 Å². The molecule has 0 fully saturated rings. The maximum atomic E-state index is 12.1. The van der Waals surface area contributed by atoms with E-state index in [0.29, 0.717) is 5.75 Å². The Bertz CT molecular complexity index is 623. The van der Waals surface area contributed by atoms with Gasteiger partial charge in [-0.2, -0.15) is 0 Å². The first-order chi connectivity index (χ1) is 10.4. The van der Waals surface area contributed by atoms with Gasteiger partial charge in [-0.05, 0) is 49.7 Å². The van der Waals surface area contributed by atoms with Crippen molar-refractivity contribution in [3.8, 4) is 5.75 Å². The van der Waals surface area contributed by atoms with Crippen LogP contribution in [0, 0.1) is 0 Å². The molecule has 0 spiro atoms. The molecule has 0 aliphatic rings. The average molecular weight is 427 g/mol. The Kier molecular flexibility index (Phi) is 5.92. The number of carbonyl (C=O) groups is 1. The molecule has 0 N–H and O–H groups in total. The Morgan fingerprint density at radius 2 is 1.64 bits per heavy atom. The highest BCUT2D eigenvalue weighted by atomic mass is 127. The molecule has 0 radical (unpaired) electrons. The third kappa shape index (κ3) is 4.26. The predicted octanol–water partition coefficient (Wildman–Crippen LogP) is 4.86. The van der Waals surface area contributed by atoms with Gasteiger partial charge in [0.05, 0.1) is 10.9 Å². The van der Waals surface area contributed by atoms with Crippen LogP contribution in [-0.2, 0) is 15.7 Å². The van der Waals surface area contributed by atoms with Gasteiger partial charge in [-0.15, -0.1) is 0 Å². The van der Waals surface area contributed by atoms with E-state index in [0.717, 1.165) is 6.42 Å². The fourth-order valence-corrected chi connectivity index (χ4v) is 3.32. The van der Waals surface area contributed by atoms with Crippen LogP contribution >= 0.6 is 22.6 Å². The van der Waals surface area contributed by atoms with Crippen molar-refractivity contribution in [3.63, 3.8) is 0 Å². The van der Waals surface area contributed by atoms with E-state index in [1.54, 1.807) is 0 Å². The van der Waals surface area contributed by atoms with Gasteiger partial charge in [0, 0.05) is 0 Å². The number of benzene rings is 2. The van der Waals surface area contributed by atoms with Crippen molar-refractivity contribution in [2.24, 2.45) is 0 Å². The number of hydrogen-bond acceptors (Lipinski definition) is 2. The summed E-state index contributed by atoms with van der Waals surface area (Å²) in [5, 5.41) is 0. The summed E-state index contributed by atoms with van der Waals surface area (Å²) in [5.74, 6) is 0.414. The molecule has 4 heteroatoms. The van der Waals surface area contributed by atoms with Crippen molar-refractivity contribution in [3.05, 3.63) is 54.6 Å². The van der Waals surface area contributed by atoms with Crippen LogP contribution in [0.5, 0.6) is 5.75 Å². The SMILES string of the molecule is CCC(C)(I)C(=O)Oc1ccc([S+](C)c2ccccc2)cc1. The Hall–Kier alpha value is -1.01. The zero-order valence-corrected chi connectivity index (χ0v) is 16.0. The molecule has 0 bridgehead atoms. The Labute approximate surface area is 148 Å². The molecule has 22 heavy (non-hydrogen) atoms. The zero-order valence-electron chi connectivity index (χ0n) is 13.0. The van der Waals surface area contributed by atoms with Crippen molar-refractivity contribution in [1.82, 2.24) is 0 Å². The summed E-state index contributed by atoms with van der Waals surface area (Å²) in [6, 6.07) is 18.2. The van der Waals surface area contributed by atoms with Gasteiger partial charge in [0.15, 0.2) is 9.79 Å². The van der Waals surface area contributed by atoms with Crippen LogP contribution in [-0.4, -0.2) is 15.6 Å². The highest BCUT2D eigenvalue weighted by Gasteiger charge is 2.30. The van der Waals surface area contributed by atoms with Crippen molar-refractivity contribution in [2.45, 2.75) is 33.5 Å². The summed E-state index contributed by atoms with van der Waals surface area (Å²) in [6.45, 7) is 3.88. The van der Waals surface area contributed by atoms with Crippen LogP contribution in [0.3, 0.4) is 0 Å². The number of hydrogen-bond donors (Lipinski definition) is 0. The van der Waals surface area contributed by atoms with Gasteiger partial charge >= 0.3 is 5.97 Å². The molecule has 0 aliphatic heterocycles. The maximum Gasteiger partial charge on any atom is 0.327 e. The lowest BCUT2D eigenvalue weighted by Gasteiger charge is -2.18. The minimum absolute atomic E-state index is 0.0216. The molecule has 0 aliphatic carbocycles. The molecule has 2 aromatic carbocycles. The minimum atomic E-state index is -0.477. The molecular formula is C18H20IO2S+. The van der Waals surface area contributed by atoms with Gasteiger partial charge in [0.25, 0.3) is 0 Å². The first-order valence-corrected chi connectivity index (χ1v) is 9.87. The number of ether oxygens (including phenoxy) is 1. The van der Waals surface area contributed by atoms with E-state index in [2.05, 4.69) is 53.1 Å². The average Bonchev–Trinajstić information content (AvgIpc) is 2.55. The van der Waals surface area contributed by atoms with Crippen LogP contribution in [0.15, 0.2) is 64.4 Å². The molecule has 2 nitrogen and oxygen atoms in total. The molecular weight excluding hydrogens is 407 g/mol. The number of esters is 1. The quantitative estimate of drug-likeness (QED) is 0.224. The second-order valence-corrected chi connectivity index (χ2v) is 9.58. The van der Waals surface area contributed by atoms with Crippen molar-refractivity contribution < 1.29 is 9.53 Å². The highest BCUT2D eigenvalue weighted by Crippen LogP contribution is 2.27. The van der Waals surface area contributed by atoms with E-state index < -0.39 is 3.42 Å². The smallest absolute Gasteiger partial charge is 0.327 e. The molecule has 0 saturated carbocycles. The lowest BCUT2D eigenvalue weighted by atomic mass is 10.1. The number of halogens is 1. The molecule has 0 saturated heterocycles. The summed E-state index contributed by atoms with van der Waals surface area (Å²) >= 11 is 2.14. The Morgan fingerprint density at radius 3 is 2.18 bits per heavy atom. The number of rotatable bonds is 5. The summed E-state index contributed by atoms with van der Waals surface area (Å²) in [6.07, 6.45) is 2.95. The minimum Gasteiger partial charge on any atom is -0.426 e. The monoisotopic (exact) mass is 427 g/mol. The normalized spacial score (nSPS) is 14.9. The fourth-order valence-electron chi connectivity index (χ4n) is 1.83. The van der Waals surface area contributed by atoms with Crippen molar-refractivity contribution in [2.75, 3.05) is 6.26 Å². The molecule has 0 amide bonds. The van der Waals surface area contributed by atoms with Crippen LogP contribution < -0.4 is 4.74 Å². The number of alkyl halides is 1. The third-order valence-electron chi connectivity index (χ3n) is 3.57. The topological polar surface area (TPSA) is 26.3 Å². The van der Waals surface area contributed by atoms with E-state index in [1.807, 2.05) is 44.2 Å². The standard InChI is InChI=1S/C18H20IO2S/c1-4-18(2,19)17(20)21-14-10-12-16(13-11-14)22(3)15-8-6-5-7-9-15/h5-13H,4H2,1-3H3/q+1. The summed E-state index contributed by atoms with van der Waals surface area (Å²) in [4.78, 5) is 14.6. The van der Waals surface area contributed by atoms with Crippen LogP contribution in [0.2, 0.25) is 0 Å². The van der Waals surface area contributed by atoms with Crippen LogP contribution in [0.25, 0.3) is 0 Å². The third-order valence-corrected chi connectivity index (χ3v) is 6.74. The van der Waals surface area contributed by atoms with Gasteiger partial charge in [-0.25, -0.2) is 0 Å². The molecule has 2 rings (SSSR count). The van der Waals surface area contributed by atoms with Crippen molar-refractivity contribution >= 4 is 39.5 Å². The second kappa shape index (κ2) is 7.51. The van der Waals surface area contributed by atoms with Gasteiger partial charge in [-0.1, -0.05) is 47.7 Å². The van der Waals surface area contributed by atoms with E-state index in [-0.39, 0.29) is 16.9 Å². The summed E-state index contributed by atoms with van der Waals surface area (Å²) in [5.41, 5.74) is 0.